The van der Waals surface area contributed by atoms with Crippen LogP contribution < -0.4 is 10.5 Å². The first-order chi connectivity index (χ1) is 22.6. The molecule has 0 unspecified atom stereocenters. The van der Waals surface area contributed by atoms with Crippen molar-refractivity contribution in [3.63, 3.8) is 0 Å². The van der Waals surface area contributed by atoms with Gasteiger partial charge in [0.2, 0.25) is 0 Å². The van der Waals surface area contributed by atoms with Crippen molar-refractivity contribution in [2.45, 2.75) is 6.92 Å². The first-order valence-corrected chi connectivity index (χ1v) is 15.7. The third-order valence-corrected chi connectivity index (χ3v) is 5.56. The summed E-state index contributed by atoms with van der Waals surface area (Å²) in [6.45, 7) is 15.2. The van der Waals surface area contributed by atoms with Crippen molar-refractivity contribution in [2.24, 2.45) is 0 Å². The van der Waals surface area contributed by atoms with E-state index in [9.17, 15) is 4.79 Å². The average Bonchev–Trinajstić information content (AvgIpc) is 3.05. The molecule has 14 heteroatoms. The van der Waals surface area contributed by atoms with Gasteiger partial charge in [-0.15, -0.1) is 0 Å². The Hall–Kier alpha value is -2.37. The molecule has 0 aliphatic rings. The molecule has 1 aromatic rings. The summed E-state index contributed by atoms with van der Waals surface area (Å²) in [5, 5.41) is 0. The molecule has 266 valence electrons. The van der Waals surface area contributed by atoms with Gasteiger partial charge in [0.15, 0.2) is 0 Å². The molecule has 0 atom stereocenters. The molecule has 1 rings (SSSR count). The Morgan fingerprint density at radius 2 is 0.783 bits per heavy atom. The van der Waals surface area contributed by atoms with E-state index < -0.39 is 5.97 Å². The molecule has 0 saturated heterocycles. The molecule has 0 heterocycles. The van der Waals surface area contributed by atoms with Gasteiger partial charge < -0.3 is 62.6 Å². The Morgan fingerprint density at radius 3 is 1.09 bits per heavy atom. The number of nitrogens with two attached hydrogens (primary N) is 1. The quantitative estimate of drug-likeness (QED) is 0.0488. The number of hydrogen-bond donors (Lipinski definition) is 1. The second-order valence-corrected chi connectivity index (χ2v) is 9.43. The van der Waals surface area contributed by atoms with Gasteiger partial charge in [0.05, 0.1) is 138 Å². The van der Waals surface area contributed by atoms with Crippen molar-refractivity contribution in [3.05, 3.63) is 36.4 Å². The highest BCUT2D eigenvalue weighted by atomic mass is 16.6. The topological polar surface area (TPSA) is 154 Å². The van der Waals surface area contributed by atoms with Crippen molar-refractivity contribution < 1.29 is 61.6 Å². The molecule has 0 fully saturated rings. The molecule has 0 saturated carbocycles. The maximum absolute atomic E-state index is 11.2. The Morgan fingerprint density at radius 1 is 0.500 bits per heavy atom. The lowest BCUT2D eigenvalue weighted by molar-refractivity contribution is -0.140. The molecular weight excluding hydrogens is 606 g/mol. The Kier molecular flexibility index (Phi) is 29.5. The molecule has 0 aromatic heterocycles. The van der Waals surface area contributed by atoms with Gasteiger partial charge in [0.25, 0.3) is 0 Å². The van der Waals surface area contributed by atoms with Crippen molar-refractivity contribution >= 4 is 11.7 Å². The highest BCUT2D eigenvalue weighted by molar-refractivity contribution is 5.86. The van der Waals surface area contributed by atoms with Crippen LogP contribution in [0.3, 0.4) is 0 Å². The predicted octanol–water partition coefficient (Wildman–Crippen LogP) is 1.93. The van der Waals surface area contributed by atoms with Crippen LogP contribution in [0.2, 0.25) is 0 Å². The van der Waals surface area contributed by atoms with Gasteiger partial charge in [-0.1, -0.05) is 18.7 Å². The first-order valence-electron chi connectivity index (χ1n) is 15.7. The number of nitrogen functional groups attached to an aromatic ring is 1. The van der Waals surface area contributed by atoms with Crippen LogP contribution in [-0.2, 0) is 56.9 Å². The van der Waals surface area contributed by atoms with Crippen LogP contribution in [0.5, 0.6) is 5.75 Å². The lowest BCUT2D eigenvalue weighted by Crippen LogP contribution is -2.16. The number of hydrogen-bond acceptors (Lipinski definition) is 14. The molecule has 0 aliphatic carbocycles. The van der Waals surface area contributed by atoms with E-state index in [4.69, 9.17) is 62.6 Å². The van der Waals surface area contributed by atoms with Crippen LogP contribution in [0.15, 0.2) is 36.4 Å². The lowest BCUT2D eigenvalue weighted by Gasteiger charge is -2.10. The fourth-order valence-corrected chi connectivity index (χ4v) is 3.22. The van der Waals surface area contributed by atoms with Crippen molar-refractivity contribution in [2.75, 3.05) is 151 Å². The Balaban J connectivity index is 1.64. The van der Waals surface area contributed by atoms with Gasteiger partial charge in [-0.2, -0.15) is 0 Å². The molecule has 2 N–H and O–H groups in total. The molecule has 0 aliphatic heterocycles. The Bertz CT molecular complexity index is 846. The van der Waals surface area contributed by atoms with E-state index in [1.807, 2.05) is 18.2 Å². The summed E-state index contributed by atoms with van der Waals surface area (Å²) in [6, 6.07) is 7.36. The Labute approximate surface area is 273 Å². The minimum absolute atomic E-state index is 0.197. The maximum Gasteiger partial charge on any atom is 0.333 e. The minimum Gasteiger partial charge on any atom is -0.489 e. The van der Waals surface area contributed by atoms with Gasteiger partial charge in [0.1, 0.15) is 19.0 Å². The normalized spacial score (nSPS) is 11.2. The summed E-state index contributed by atoms with van der Waals surface area (Å²) in [5.41, 5.74) is 6.80. The SMILES string of the molecule is C=C(C)C(=O)OCCOCCOCCOCCOCCOCCOCCOCCOCCOCCOCCOc1ccccc1N. The van der Waals surface area contributed by atoms with Crippen LogP contribution >= 0.6 is 0 Å². The van der Waals surface area contributed by atoms with Crippen LogP contribution in [-0.4, -0.2) is 151 Å². The van der Waals surface area contributed by atoms with E-state index in [0.717, 1.165) is 0 Å². The van der Waals surface area contributed by atoms with Crippen LogP contribution in [0.1, 0.15) is 6.92 Å². The predicted molar refractivity (Wildman–Crippen MR) is 170 cm³/mol. The van der Waals surface area contributed by atoms with Crippen molar-refractivity contribution in [1.82, 2.24) is 0 Å². The monoisotopic (exact) mass is 661 g/mol. The molecule has 1 aromatic carbocycles. The number of esters is 1. The van der Waals surface area contributed by atoms with E-state index >= 15 is 0 Å². The number of rotatable bonds is 35. The number of benzene rings is 1. The summed E-state index contributed by atoms with van der Waals surface area (Å²) in [6.07, 6.45) is 0. The van der Waals surface area contributed by atoms with Crippen molar-refractivity contribution in [3.8, 4) is 5.75 Å². The zero-order valence-electron chi connectivity index (χ0n) is 27.5. The zero-order chi connectivity index (χ0) is 33.2. The summed E-state index contributed by atoms with van der Waals surface area (Å²) in [7, 11) is 0. The standard InChI is InChI=1S/C32H55NO13/c1-29(2)32(34)46-28-26-44-24-22-42-20-18-40-16-14-38-12-10-36-8-7-35-9-11-37-13-15-39-17-19-41-21-23-43-25-27-45-31-6-4-3-5-30(31)33/h3-6H,1,7-28,33H2,2H3. The van der Waals surface area contributed by atoms with Crippen molar-refractivity contribution in [1.29, 1.82) is 0 Å². The number of para-hydroxylation sites is 2. The minimum atomic E-state index is -0.414. The lowest BCUT2D eigenvalue weighted by atomic mass is 10.3. The number of anilines is 1. The largest absolute Gasteiger partial charge is 0.489 e. The number of carbonyl (C=O) groups is 1. The molecule has 46 heavy (non-hydrogen) atoms. The van der Waals surface area contributed by atoms with Gasteiger partial charge in [-0.3, -0.25) is 0 Å². The number of ether oxygens (including phenoxy) is 12. The smallest absolute Gasteiger partial charge is 0.333 e. The van der Waals surface area contributed by atoms with E-state index in [2.05, 4.69) is 6.58 Å². The summed E-state index contributed by atoms with van der Waals surface area (Å²) >= 11 is 0. The second-order valence-electron chi connectivity index (χ2n) is 9.43. The molecular formula is C32H55NO13. The fourth-order valence-electron chi connectivity index (χ4n) is 3.22. The number of carbonyl (C=O) groups excluding carboxylic acids is 1. The third-order valence-electron chi connectivity index (χ3n) is 5.56. The van der Waals surface area contributed by atoms with E-state index in [1.165, 1.54) is 0 Å². The molecule has 0 radical (unpaired) electrons. The average molecular weight is 662 g/mol. The van der Waals surface area contributed by atoms with Crippen LogP contribution in [0, 0.1) is 0 Å². The van der Waals surface area contributed by atoms with Crippen LogP contribution in [0.25, 0.3) is 0 Å². The summed E-state index contributed by atoms with van der Waals surface area (Å²) in [4.78, 5) is 11.2. The van der Waals surface area contributed by atoms with E-state index in [0.29, 0.717) is 156 Å². The van der Waals surface area contributed by atoms with E-state index in [-0.39, 0.29) is 6.61 Å². The van der Waals surface area contributed by atoms with Gasteiger partial charge in [0, 0.05) is 5.57 Å². The summed E-state index contributed by atoms with van der Waals surface area (Å²) < 4.78 is 64.9. The van der Waals surface area contributed by atoms with Crippen LogP contribution in [0.4, 0.5) is 5.69 Å². The van der Waals surface area contributed by atoms with Gasteiger partial charge >= 0.3 is 5.97 Å². The zero-order valence-corrected chi connectivity index (χ0v) is 27.5. The maximum atomic E-state index is 11.2. The van der Waals surface area contributed by atoms with E-state index in [1.54, 1.807) is 13.0 Å². The first kappa shape index (κ1) is 41.7. The third kappa shape index (κ3) is 27.9. The second kappa shape index (κ2) is 32.6. The summed E-state index contributed by atoms with van der Waals surface area (Å²) in [5.74, 6) is 0.250. The molecule has 0 amide bonds. The van der Waals surface area contributed by atoms with Gasteiger partial charge in [-0.25, -0.2) is 4.79 Å². The highest BCUT2D eigenvalue weighted by Gasteiger charge is 2.02. The highest BCUT2D eigenvalue weighted by Crippen LogP contribution is 2.19. The molecule has 0 bridgehead atoms. The molecule has 0 spiro atoms. The van der Waals surface area contributed by atoms with Gasteiger partial charge in [-0.05, 0) is 19.1 Å². The molecule has 14 nitrogen and oxygen atoms in total. The fraction of sp³-hybridized carbons (Fsp3) is 0.719.